The molecule has 17 nitrogen and oxygen atoms in total. The molecule has 1 aliphatic carbocycles. The molecule has 1 amide bonds. The van der Waals surface area contributed by atoms with E-state index in [1.807, 2.05) is 58.1 Å². The van der Waals surface area contributed by atoms with Crippen molar-refractivity contribution in [2.24, 2.45) is 35.5 Å². The maximum Gasteiger partial charge on any atom is 0.329 e. The Bertz CT molecular complexity index is 2040. The Kier molecular flexibility index (Phi) is 26.3. The fourth-order valence-electron chi connectivity index (χ4n) is 12.0. The van der Waals surface area contributed by atoms with Crippen molar-refractivity contribution in [3.8, 4) is 0 Å². The molecule has 4 fully saturated rings. The Morgan fingerprint density at radius 1 is 0.844 bits per heavy atom. The summed E-state index contributed by atoms with van der Waals surface area (Å²) in [5.74, 6) is -8.09. The van der Waals surface area contributed by atoms with Gasteiger partial charge in [0.25, 0.3) is 11.7 Å². The molecular formula is C60H96N2O15. The summed E-state index contributed by atoms with van der Waals surface area (Å²) in [7, 11) is 3.09. The van der Waals surface area contributed by atoms with Gasteiger partial charge in [0, 0.05) is 77.1 Å². The van der Waals surface area contributed by atoms with Crippen LogP contribution >= 0.6 is 0 Å². The van der Waals surface area contributed by atoms with Gasteiger partial charge in [0.05, 0.1) is 50.8 Å². The first-order chi connectivity index (χ1) is 36.7. The highest BCUT2D eigenvalue weighted by Gasteiger charge is 2.53. The number of Topliss-reactive ketones (excluding diaryl/α,β-unsaturated/α-hetero) is 3. The molecule has 0 aromatic carbocycles. The molecule has 436 valence electrons. The molecule has 5 aliphatic rings. The van der Waals surface area contributed by atoms with E-state index < -0.39 is 77.8 Å². The number of cyclic esters (lactones) is 1. The number of ketones is 3. The van der Waals surface area contributed by atoms with Gasteiger partial charge >= 0.3 is 5.97 Å². The zero-order chi connectivity index (χ0) is 56.4. The van der Waals surface area contributed by atoms with E-state index in [2.05, 4.69) is 11.8 Å². The Labute approximate surface area is 459 Å². The van der Waals surface area contributed by atoms with Crippen LogP contribution in [0.2, 0.25) is 0 Å². The van der Waals surface area contributed by atoms with Gasteiger partial charge in [-0.25, -0.2) is 4.79 Å². The van der Waals surface area contributed by atoms with E-state index in [4.69, 9.17) is 33.2 Å². The van der Waals surface area contributed by atoms with E-state index in [-0.39, 0.29) is 80.5 Å². The van der Waals surface area contributed by atoms with Crippen LogP contribution in [0.5, 0.6) is 0 Å². The monoisotopic (exact) mass is 1080 g/mol. The molecule has 0 spiro atoms. The molecule has 5 rings (SSSR count). The number of carbonyl (C=O) groups excluding carboxylic acids is 5. The number of fused-ring (bicyclic) bond motifs is 3. The topological polar surface area (TPSA) is 217 Å². The summed E-state index contributed by atoms with van der Waals surface area (Å²) in [5.41, 5.74) is 1.19. The van der Waals surface area contributed by atoms with E-state index in [1.165, 1.54) is 12.0 Å². The number of amides is 1. The van der Waals surface area contributed by atoms with Gasteiger partial charge in [-0.05, 0) is 120 Å². The van der Waals surface area contributed by atoms with Crippen LogP contribution in [-0.4, -0.2) is 182 Å². The number of hydrogen-bond acceptors (Lipinski definition) is 16. The number of nitrogens with zero attached hydrogens (tertiary/aromatic N) is 2. The number of hydrogen-bond donors (Lipinski definition) is 3. The number of morpholine rings is 1. The number of allylic oxidation sites excluding steroid dienone is 6. The van der Waals surface area contributed by atoms with Crippen molar-refractivity contribution >= 4 is 29.2 Å². The van der Waals surface area contributed by atoms with Crippen LogP contribution in [0.4, 0.5) is 0 Å². The van der Waals surface area contributed by atoms with Gasteiger partial charge in [0.15, 0.2) is 5.78 Å². The van der Waals surface area contributed by atoms with Gasteiger partial charge in [-0.15, -0.1) is 0 Å². The van der Waals surface area contributed by atoms with Crippen molar-refractivity contribution in [3.05, 3.63) is 47.6 Å². The Morgan fingerprint density at radius 3 is 2.32 bits per heavy atom. The lowest BCUT2D eigenvalue weighted by atomic mass is 9.78. The number of ether oxygens (including phenoxy) is 7. The van der Waals surface area contributed by atoms with Gasteiger partial charge in [0.2, 0.25) is 5.79 Å². The lowest BCUT2D eigenvalue weighted by Crippen LogP contribution is -2.61. The van der Waals surface area contributed by atoms with E-state index >= 15 is 0 Å². The minimum absolute atomic E-state index is 0.0100. The number of methoxy groups -OCH3 is 2. The minimum Gasteiger partial charge on any atom is -0.460 e. The molecule has 0 aromatic rings. The molecule has 3 N–H and O–H groups in total. The summed E-state index contributed by atoms with van der Waals surface area (Å²) in [4.78, 5) is 75.4. The van der Waals surface area contributed by atoms with Crippen molar-refractivity contribution in [1.82, 2.24) is 9.80 Å². The summed E-state index contributed by atoms with van der Waals surface area (Å²) < 4.78 is 42.3. The highest BCUT2D eigenvalue weighted by molar-refractivity contribution is 6.39. The predicted molar refractivity (Wildman–Crippen MR) is 291 cm³/mol. The van der Waals surface area contributed by atoms with Crippen molar-refractivity contribution in [1.29, 1.82) is 0 Å². The third-order valence-electron chi connectivity index (χ3n) is 17.0. The third-order valence-corrected chi connectivity index (χ3v) is 17.0. The summed E-state index contributed by atoms with van der Waals surface area (Å²) in [5, 5.41) is 33.4. The number of aliphatic hydroxyl groups is 3. The summed E-state index contributed by atoms with van der Waals surface area (Å²) >= 11 is 0. The van der Waals surface area contributed by atoms with Crippen molar-refractivity contribution in [3.63, 3.8) is 0 Å². The van der Waals surface area contributed by atoms with E-state index in [1.54, 1.807) is 34.0 Å². The first kappa shape index (κ1) is 64.3. The molecule has 3 saturated heterocycles. The molecule has 4 aliphatic heterocycles. The van der Waals surface area contributed by atoms with Gasteiger partial charge in [0.1, 0.15) is 30.1 Å². The van der Waals surface area contributed by atoms with Gasteiger partial charge in [-0.1, -0.05) is 71.1 Å². The van der Waals surface area contributed by atoms with Crippen molar-refractivity contribution in [2.75, 3.05) is 66.9 Å². The second-order valence-electron chi connectivity index (χ2n) is 23.1. The highest BCUT2D eigenvalue weighted by Crippen LogP contribution is 2.38. The van der Waals surface area contributed by atoms with E-state index in [0.717, 1.165) is 51.1 Å². The Hall–Kier alpha value is -3.49. The molecule has 0 aromatic heterocycles. The first-order valence-corrected chi connectivity index (χ1v) is 28.8. The fourth-order valence-corrected chi connectivity index (χ4v) is 12.0. The van der Waals surface area contributed by atoms with Gasteiger partial charge in [-0.3, -0.25) is 24.1 Å². The molecule has 16 atom stereocenters. The SMILES string of the molecule is CO[C@@H]1C[C@H](CC(C)[C@@H]2CC(=O)[C@H](C)/C=C(\C)[C@@H](O)[C@@H](OC)C(=O)[C@H](C)C[C@H](C)/C=C/C=C/C=C(\C)[C@H](OCCO)C[C@@H]3CC[C@@H](C)[C@@](O)(O3)C(=O)C(=O)N3CCCC[C@H]3C(=O)O2)CC[C@H]1OCCCN1CCOC[C@H]1C. The average molecular weight is 1090 g/mol. The normalized spacial score (nSPS) is 38.4. The van der Waals surface area contributed by atoms with Crippen LogP contribution in [0.1, 0.15) is 139 Å². The second kappa shape index (κ2) is 31.5. The molecule has 1 saturated carbocycles. The summed E-state index contributed by atoms with van der Waals surface area (Å²) in [6.07, 6.45) is 12.7. The standard InChI is InChI=1S/C60H96N2O15/c1-38-17-12-11-13-18-39(2)51(75-30-27-63)35-47-22-20-44(7)60(70,77-47)57(67)58(68)62-25-15-14-19-48(62)59(69)76-52(36-49(64)40(3)32-43(6)55(66)56(72-10)54(65)42(5)31-38)41(4)33-46-21-23-50(53(34-46)71-9)74-28-16-24-61-26-29-73-37-45(61)8/h11-13,17-18,32,38,40-42,44-48,50-53,55-56,63,66,70H,14-16,19-31,33-37H2,1-10H3/b13-11+,17-12+,39-18+,43-32+/t38-,40-,41?,42-,44-,45-,46+,47+,48+,50-,51-,52+,53-,55-,56+,60-/m1/s1. The van der Waals surface area contributed by atoms with Crippen LogP contribution in [0.3, 0.4) is 0 Å². The van der Waals surface area contributed by atoms with Crippen LogP contribution < -0.4 is 0 Å². The largest absolute Gasteiger partial charge is 0.460 e. The summed E-state index contributed by atoms with van der Waals surface area (Å²) in [6, 6.07) is -0.783. The lowest BCUT2D eigenvalue weighted by molar-refractivity contribution is -0.266. The number of esters is 1. The van der Waals surface area contributed by atoms with E-state index in [9.17, 15) is 39.3 Å². The molecule has 2 bridgehead atoms. The zero-order valence-electron chi connectivity index (χ0n) is 48.1. The van der Waals surface area contributed by atoms with Gasteiger partial charge < -0.3 is 53.4 Å². The maximum atomic E-state index is 14.6. The van der Waals surface area contributed by atoms with E-state index in [0.29, 0.717) is 63.2 Å². The van der Waals surface area contributed by atoms with Crippen LogP contribution in [0.15, 0.2) is 47.6 Å². The van der Waals surface area contributed by atoms with Crippen LogP contribution in [-0.2, 0) is 57.1 Å². The van der Waals surface area contributed by atoms with Crippen LogP contribution in [0, 0.1) is 35.5 Å². The molecule has 1 unspecified atom stereocenters. The van der Waals surface area contributed by atoms with Crippen molar-refractivity contribution < 1.29 is 72.5 Å². The molecule has 4 heterocycles. The quantitative estimate of drug-likeness (QED) is 0.0759. The van der Waals surface area contributed by atoms with Crippen LogP contribution in [0.25, 0.3) is 0 Å². The highest BCUT2D eigenvalue weighted by atomic mass is 16.6. The lowest BCUT2D eigenvalue weighted by Gasteiger charge is -2.43. The second-order valence-corrected chi connectivity index (χ2v) is 23.1. The maximum absolute atomic E-state index is 14.6. The minimum atomic E-state index is -2.48. The molecule has 0 radical (unpaired) electrons. The number of carbonyl (C=O) groups is 5. The third kappa shape index (κ3) is 18.3. The summed E-state index contributed by atoms with van der Waals surface area (Å²) in [6.45, 7) is 18.7. The van der Waals surface area contributed by atoms with Gasteiger partial charge in [-0.2, -0.15) is 0 Å². The Balaban J connectivity index is 1.41. The van der Waals surface area contributed by atoms with Crippen molar-refractivity contribution in [2.45, 2.75) is 199 Å². The number of aliphatic hydroxyl groups excluding tert-OH is 2. The zero-order valence-corrected chi connectivity index (χ0v) is 48.1. The number of piperidine rings is 1. The molecule has 77 heavy (non-hydrogen) atoms. The average Bonchev–Trinajstić information content (AvgIpc) is 3.41. The number of rotatable bonds is 13. The predicted octanol–water partition coefficient (Wildman–Crippen LogP) is 6.68. The smallest absolute Gasteiger partial charge is 0.329 e. The molecular weight excluding hydrogens is 989 g/mol. The Morgan fingerprint density at radius 2 is 1.61 bits per heavy atom. The fraction of sp³-hybridized carbons (Fsp3) is 0.783. The molecule has 17 heteroatoms. The first-order valence-electron chi connectivity index (χ1n) is 28.8.